The lowest BCUT2D eigenvalue weighted by molar-refractivity contribution is 0.0690. The first-order valence-corrected chi connectivity index (χ1v) is 7.81. The zero-order chi connectivity index (χ0) is 18.2. The summed E-state index contributed by atoms with van der Waals surface area (Å²) in [5.41, 5.74) is 0.954. The van der Waals surface area contributed by atoms with Crippen LogP contribution in [-0.2, 0) is 4.74 Å². The van der Waals surface area contributed by atoms with Crippen molar-refractivity contribution in [1.82, 2.24) is 4.98 Å². The fourth-order valence-corrected chi connectivity index (χ4v) is 2.25. The third-order valence-corrected chi connectivity index (χ3v) is 3.57. The van der Waals surface area contributed by atoms with Gasteiger partial charge in [0, 0.05) is 7.11 Å². The van der Waals surface area contributed by atoms with Crippen LogP contribution in [0.15, 0.2) is 36.4 Å². The minimum atomic E-state index is -1.06. The first kappa shape index (κ1) is 18.5. The van der Waals surface area contributed by atoms with Crippen LogP contribution in [0.2, 0.25) is 0 Å². The minimum Gasteiger partial charge on any atom is -0.493 e. The first-order valence-electron chi connectivity index (χ1n) is 7.81. The Morgan fingerprint density at radius 2 is 2.00 bits per heavy atom. The molecule has 0 amide bonds. The van der Waals surface area contributed by atoms with E-state index in [0.29, 0.717) is 30.5 Å². The minimum absolute atomic E-state index is 0.00308. The van der Waals surface area contributed by atoms with E-state index in [0.717, 1.165) is 5.56 Å². The summed E-state index contributed by atoms with van der Waals surface area (Å²) in [6.45, 7) is 2.88. The SMILES string of the molecule is COCCOc1ccc(C(C)Nc2cccc(C(=O)O)n2)cc1OC. The molecule has 1 heterocycles. The van der Waals surface area contributed by atoms with Crippen LogP contribution in [0, 0.1) is 0 Å². The molecule has 1 unspecified atom stereocenters. The summed E-state index contributed by atoms with van der Waals surface area (Å²) in [6, 6.07) is 10.4. The van der Waals surface area contributed by atoms with Crippen molar-refractivity contribution in [3.8, 4) is 11.5 Å². The van der Waals surface area contributed by atoms with Crippen LogP contribution in [0.4, 0.5) is 5.82 Å². The number of hydrogen-bond acceptors (Lipinski definition) is 6. The Balaban J connectivity index is 2.12. The Morgan fingerprint density at radius 1 is 1.20 bits per heavy atom. The Kier molecular flexibility index (Phi) is 6.59. The normalized spacial score (nSPS) is 11.6. The molecule has 1 aromatic carbocycles. The largest absolute Gasteiger partial charge is 0.493 e. The van der Waals surface area contributed by atoms with Crippen LogP contribution in [-0.4, -0.2) is 43.5 Å². The van der Waals surface area contributed by atoms with Crippen molar-refractivity contribution in [2.24, 2.45) is 0 Å². The highest BCUT2D eigenvalue weighted by atomic mass is 16.5. The third kappa shape index (κ3) is 5.09. The molecule has 0 radical (unpaired) electrons. The zero-order valence-electron chi connectivity index (χ0n) is 14.5. The molecule has 0 fully saturated rings. The zero-order valence-corrected chi connectivity index (χ0v) is 14.5. The average molecular weight is 346 g/mol. The number of rotatable bonds is 9. The number of nitrogens with zero attached hydrogens (tertiary/aromatic N) is 1. The number of carbonyl (C=O) groups is 1. The van der Waals surface area contributed by atoms with Crippen molar-refractivity contribution < 1.29 is 24.1 Å². The molecule has 1 atom stereocenters. The van der Waals surface area contributed by atoms with E-state index in [2.05, 4.69) is 10.3 Å². The number of pyridine rings is 1. The average Bonchev–Trinajstić information content (AvgIpc) is 2.62. The molecule has 1 aromatic heterocycles. The lowest BCUT2D eigenvalue weighted by atomic mass is 10.1. The highest BCUT2D eigenvalue weighted by Crippen LogP contribution is 2.31. The molecule has 0 saturated carbocycles. The summed E-state index contributed by atoms with van der Waals surface area (Å²) in [7, 11) is 3.20. The number of ether oxygens (including phenoxy) is 3. The molecule has 2 rings (SSSR count). The van der Waals surface area contributed by atoms with Gasteiger partial charge in [-0.3, -0.25) is 0 Å². The van der Waals surface area contributed by atoms with Gasteiger partial charge in [-0.25, -0.2) is 9.78 Å². The number of aromatic nitrogens is 1. The van der Waals surface area contributed by atoms with Gasteiger partial charge >= 0.3 is 5.97 Å². The molecule has 0 bridgehead atoms. The summed E-state index contributed by atoms with van der Waals surface area (Å²) in [4.78, 5) is 15.1. The second-order valence-corrected chi connectivity index (χ2v) is 5.33. The molecule has 134 valence electrons. The molecule has 0 aliphatic heterocycles. The summed E-state index contributed by atoms with van der Waals surface area (Å²) in [5.74, 6) is 0.693. The van der Waals surface area contributed by atoms with E-state index < -0.39 is 5.97 Å². The maximum atomic E-state index is 11.0. The van der Waals surface area contributed by atoms with Crippen molar-refractivity contribution in [2.75, 3.05) is 32.8 Å². The van der Waals surface area contributed by atoms with Crippen LogP contribution < -0.4 is 14.8 Å². The molecule has 2 N–H and O–H groups in total. The number of methoxy groups -OCH3 is 2. The highest BCUT2D eigenvalue weighted by molar-refractivity contribution is 5.85. The molecule has 0 aliphatic carbocycles. The van der Waals surface area contributed by atoms with Crippen LogP contribution in [0.5, 0.6) is 11.5 Å². The second kappa shape index (κ2) is 8.89. The molecule has 0 aliphatic rings. The molecular weight excluding hydrogens is 324 g/mol. The highest BCUT2D eigenvalue weighted by Gasteiger charge is 2.12. The quantitative estimate of drug-likeness (QED) is 0.675. The lowest BCUT2D eigenvalue weighted by Crippen LogP contribution is -2.10. The monoisotopic (exact) mass is 346 g/mol. The summed E-state index contributed by atoms with van der Waals surface area (Å²) >= 11 is 0. The molecule has 0 saturated heterocycles. The number of aromatic carboxylic acids is 1. The molecule has 2 aromatic rings. The predicted octanol–water partition coefficient (Wildman–Crippen LogP) is 2.99. The number of nitrogens with one attached hydrogen (secondary N) is 1. The Morgan fingerprint density at radius 3 is 2.68 bits per heavy atom. The van der Waals surface area contributed by atoms with Crippen molar-refractivity contribution in [3.63, 3.8) is 0 Å². The van der Waals surface area contributed by atoms with Gasteiger partial charge < -0.3 is 24.6 Å². The van der Waals surface area contributed by atoms with Gasteiger partial charge in [-0.15, -0.1) is 0 Å². The Hall–Kier alpha value is -2.80. The van der Waals surface area contributed by atoms with E-state index in [4.69, 9.17) is 19.3 Å². The summed E-state index contributed by atoms with van der Waals surface area (Å²) in [5, 5.41) is 12.2. The lowest BCUT2D eigenvalue weighted by Gasteiger charge is -2.17. The maximum Gasteiger partial charge on any atom is 0.354 e. The van der Waals surface area contributed by atoms with Gasteiger partial charge in [-0.2, -0.15) is 0 Å². The van der Waals surface area contributed by atoms with E-state index in [1.54, 1.807) is 26.4 Å². The van der Waals surface area contributed by atoms with Gasteiger partial charge in [0.15, 0.2) is 17.2 Å². The number of carboxylic acid groups (broad SMARTS) is 1. The maximum absolute atomic E-state index is 11.0. The van der Waals surface area contributed by atoms with Crippen LogP contribution in [0.25, 0.3) is 0 Å². The van der Waals surface area contributed by atoms with Crippen molar-refractivity contribution in [1.29, 1.82) is 0 Å². The Bertz CT molecular complexity index is 720. The van der Waals surface area contributed by atoms with Gasteiger partial charge in [0.25, 0.3) is 0 Å². The number of hydrogen-bond donors (Lipinski definition) is 2. The third-order valence-electron chi connectivity index (χ3n) is 3.57. The standard InChI is InChI=1S/C18H22N2O5/c1-12(19-17-6-4-5-14(20-17)18(21)22)13-7-8-15(16(11-13)24-3)25-10-9-23-2/h4-8,11-12H,9-10H2,1-3H3,(H,19,20)(H,21,22). The molecule has 25 heavy (non-hydrogen) atoms. The topological polar surface area (TPSA) is 89.9 Å². The van der Waals surface area contributed by atoms with Gasteiger partial charge in [0.1, 0.15) is 12.4 Å². The molecular formula is C18H22N2O5. The smallest absolute Gasteiger partial charge is 0.354 e. The second-order valence-electron chi connectivity index (χ2n) is 5.33. The van der Waals surface area contributed by atoms with Gasteiger partial charge in [-0.05, 0) is 36.8 Å². The van der Waals surface area contributed by atoms with Crippen LogP contribution in [0.1, 0.15) is 29.0 Å². The van der Waals surface area contributed by atoms with Gasteiger partial charge in [-0.1, -0.05) is 12.1 Å². The van der Waals surface area contributed by atoms with E-state index in [1.807, 2.05) is 25.1 Å². The van der Waals surface area contributed by atoms with E-state index in [1.165, 1.54) is 6.07 Å². The molecule has 7 heteroatoms. The van der Waals surface area contributed by atoms with Crippen molar-refractivity contribution in [2.45, 2.75) is 13.0 Å². The van der Waals surface area contributed by atoms with E-state index in [-0.39, 0.29) is 11.7 Å². The molecule has 7 nitrogen and oxygen atoms in total. The fourth-order valence-electron chi connectivity index (χ4n) is 2.25. The van der Waals surface area contributed by atoms with Crippen molar-refractivity contribution >= 4 is 11.8 Å². The predicted molar refractivity (Wildman–Crippen MR) is 93.6 cm³/mol. The number of carboxylic acids is 1. The fraction of sp³-hybridized carbons (Fsp3) is 0.333. The Labute approximate surface area is 146 Å². The molecule has 0 spiro atoms. The first-order chi connectivity index (χ1) is 12.0. The number of anilines is 1. The van der Waals surface area contributed by atoms with Crippen LogP contribution in [0.3, 0.4) is 0 Å². The van der Waals surface area contributed by atoms with Crippen LogP contribution >= 0.6 is 0 Å². The number of benzene rings is 1. The van der Waals surface area contributed by atoms with Gasteiger partial charge in [0.2, 0.25) is 0 Å². The summed E-state index contributed by atoms with van der Waals surface area (Å²) in [6.07, 6.45) is 0. The van der Waals surface area contributed by atoms with E-state index >= 15 is 0 Å². The van der Waals surface area contributed by atoms with E-state index in [9.17, 15) is 4.79 Å². The van der Waals surface area contributed by atoms with Gasteiger partial charge in [0.05, 0.1) is 19.8 Å². The van der Waals surface area contributed by atoms with Crippen molar-refractivity contribution in [3.05, 3.63) is 47.7 Å². The summed E-state index contributed by atoms with van der Waals surface area (Å²) < 4.78 is 16.0.